The first-order valence-corrected chi connectivity index (χ1v) is 7.94. The van der Waals surface area contributed by atoms with E-state index in [0.717, 1.165) is 10.9 Å². The number of H-pyrrole nitrogens is 2. The first-order valence-electron chi connectivity index (χ1n) is 7.94. The number of nitrogens with zero attached hydrogens (tertiary/aromatic N) is 3. The molecule has 0 saturated heterocycles. The van der Waals surface area contributed by atoms with E-state index in [0.29, 0.717) is 29.4 Å². The van der Waals surface area contributed by atoms with Crippen LogP contribution in [0, 0.1) is 0 Å². The lowest BCUT2D eigenvalue weighted by Crippen LogP contribution is -2.14. The van der Waals surface area contributed by atoms with Gasteiger partial charge in [0.15, 0.2) is 5.69 Å². The van der Waals surface area contributed by atoms with Crippen molar-refractivity contribution in [2.24, 2.45) is 5.73 Å². The molecule has 130 valence electrons. The maximum Gasteiger partial charge on any atom is 0.278 e. The third kappa shape index (κ3) is 2.98. The molecule has 9 nitrogen and oxygen atoms in total. The molecule has 0 spiro atoms. The lowest BCUT2D eigenvalue weighted by molar-refractivity contribution is 0.102. The Kier molecular flexibility index (Phi) is 4.04. The number of hydrogen-bond acceptors (Lipinski definition) is 6. The zero-order valence-corrected chi connectivity index (χ0v) is 13.7. The molecule has 0 radical (unpaired) electrons. The minimum atomic E-state index is -0.339. The topological polar surface area (TPSA) is 137 Å². The molecular formula is C17H16N8O. The van der Waals surface area contributed by atoms with Gasteiger partial charge in [-0.05, 0) is 23.8 Å². The normalized spacial score (nSPS) is 10.8. The number of hydrogen-bond donors (Lipinski definition) is 5. The molecule has 1 aromatic carbocycles. The Morgan fingerprint density at radius 2 is 2.00 bits per heavy atom. The predicted molar refractivity (Wildman–Crippen MR) is 98.0 cm³/mol. The van der Waals surface area contributed by atoms with Crippen molar-refractivity contribution in [3.8, 4) is 0 Å². The molecule has 0 bridgehead atoms. The Morgan fingerprint density at radius 3 is 2.81 bits per heavy atom. The average Bonchev–Trinajstić information content (AvgIpc) is 3.32. The van der Waals surface area contributed by atoms with Crippen LogP contribution in [0.2, 0.25) is 0 Å². The molecule has 0 aliphatic rings. The van der Waals surface area contributed by atoms with Crippen LogP contribution in [-0.4, -0.2) is 31.1 Å². The maximum absolute atomic E-state index is 12.6. The summed E-state index contributed by atoms with van der Waals surface area (Å²) in [5, 5.41) is 13.5. The summed E-state index contributed by atoms with van der Waals surface area (Å²) in [4.78, 5) is 23.9. The maximum atomic E-state index is 12.6. The van der Waals surface area contributed by atoms with Crippen LogP contribution in [0.25, 0.3) is 11.0 Å². The lowest BCUT2D eigenvalue weighted by atomic mass is 10.2. The summed E-state index contributed by atoms with van der Waals surface area (Å²) < 4.78 is 0. The smallest absolute Gasteiger partial charge is 0.278 e. The van der Waals surface area contributed by atoms with Gasteiger partial charge in [-0.2, -0.15) is 5.10 Å². The number of amides is 1. The standard InChI is InChI=1S/C17H16N8O/c18-7-10-1-3-11(4-2-10)23-17(26)14-13(8-22-25-14)24-16-12-5-6-19-15(12)20-9-21-16/h1-6,8-9H,7,18H2,(H,22,25)(H,23,26)(H2,19,20,21,24). The molecule has 0 atom stereocenters. The van der Waals surface area contributed by atoms with E-state index in [1.807, 2.05) is 18.2 Å². The van der Waals surface area contributed by atoms with E-state index in [2.05, 4.69) is 35.8 Å². The highest BCUT2D eigenvalue weighted by atomic mass is 16.2. The second-order valence-corrected chi connectivity index (χ2v) is 5.59. The van der Waals surface area contributed by atoms with Crippen molar-refractivity contribution in [1.29, 1.82) is 0 Å². The third-order valence-corrected chi connectivity index (χ3v) is 3.91. The number of anilines is 3. The van der Waals surface area contributed by atoms with Crippen LogP contribution < -0.4 is 16.4 Å². The van der Waals surface area contributed by atoms with Crippen molar-refractivity contribution in [2.75, 3.05) is 10.6 Å². The minimum absolute atomic E-state index is 0.232. The highest BCUT2D eigenvalue weighted by Crippen LogP contribution is 2.24. The highest BCUT2D eigenvalue weighted by molar-refractivity contribution is 6.07. The Morgan fingerprint density at radius 1 is 1.15 bits per heavy atom. The van der Waals surface area contributed by atoms with Crippen molar-refractivity contribution < 1.29 is 4.79 Å². The number of aromatic nitrogens is 5. The van der Waals surface area contributed by atoms with E-state index in [1.54, 1.807) is 24.5 Å². The quantitative estimate of drug-likeness (QED) is 0.375. The Bertz CT molecular complexity index is 1050. The molecule has 0 aliphatic carbocycles. The van der Waals surface area contributed by atoms with Crippen LogP contribution in [0.1, 0.15) is 16.1 Å². The first kappa shape index (κ1) is 15.8. The minimum Gasteiger partial charge on any atom is -0.346 e. The largest absolute Gasteiger partial charge is 0.346 e. The Hall–Kier alpha value is -3.72. The SMILES string of the molecule is NCc1ccc(NC(=O)c2n[nH]cc2Nc2ncnc3[nH]ccc23)cc1. The number of nitrogens with two attached hydrogens (primary N) is 1. The zero-order valence-electron chi connectivity index (χ0n) is 13.7. The van der Waals surface area contributed by atoms with Crippen LogP contribution in [0.15, 0.2) is 49.1 Å². The number of fused-ring (bicyclic) bond motifs is 1. The van der Waals surface area contributed by atoms with E-state index in [4.69, 9.17) is 5.73 Å². The van der Waals surface area contributed by atoms with Crippen LogP contribution >= 0.6 is 0 Å². The molecular weight excluding hydrogens is 332 g/mol. The molecule has 1 amide bonds. The van der Waals surface area contributed by atoms with Crippen LogP contribution in [0.3, 0.4) is 0 Å². The van der Waals surface area contributed by atoms with Crippen LogP contribution in [0.5, 0.6) is 0 Å². The summed E-state index contributed by atoms with van der Waals surface area (Å²) in [7, 11) is 0. The van der Waals surface area contributed by atoms with E-state index in [-0.39, 0.29) is 11.6 Å². The molecule has 3 aromatic heterocycles. The number of aromatic amines is 2. The van der Waals surface area contributed by atoms with E-state index >= 15 is 0 Å². The number of carbonyl (C=O) groups is 1. The van der Waals surface area contributed by atoms with Gasteiger partial charge >= 0.3 is 0 Å². The van der Waals surface area contributed by atoms with Gasteiger partial charge < -0.3 is 21.4 Å². The molecule has 3 heterocycles. The Labute approximate surface area is 148 Å². The van der Waals surface area contributed by atoms with Crippen LogP contribution in [0.4, 0.5) is 17.2 Å². The van der Waals surface area contributed by atoms with E-state index < -0.39 is 0 Å². The second-order valence-electron chi connectivity index (χ2n) is 5.59. The number of rotatable bonds is 5. The molecule has 6 N–H and O–H groups in total. The number of carbonyl (C=O) groups excluding carboxylic acids is 1. The lowest BCUT2D eigenvalue weighted by Gasteiger charge is -2.08. The average molecular weight is 348 g/mol. The van der Waals surface area contributed by atoms with E-state index in [9.17, 15) is 4.79 Å². The van der Waals surface area contributed by atoms with Gasteiger partial charge in [0.2, 0.25) is 0 Å². The molecule has 26 heavy (non-hydrogen) atoms. The van der Waals surface area contributed by atoms with Gasteiger partial charge in [0.1, 0.15) is 17.8 Å². The first-order chi connectivity index (χ1) is 12.7. The summed E-state index contributed by atoms with van der Waals surface area (Å²) in [6, 6.07) is 9.18. The van der Waals surface area contributed by atoms with E-state index in [1.165, 1.54) is 6.33 Å². The molecule has 9 heteroatoms. The molecule has 0 unspecified atom stereocenters. The molecule has 4 aromatic rings. The second kappa shape index (κ2) is 6.65. The summed E-state index contributed by atoms with van der Waals surface area (Å²) in [6.07, 6.45) is 4.82. The predicted octanol–water partition coefficient (Wildman–Crippen LogP) is 2.14. The van der Waals surface area contributed by atoms with Crippen molar-refractivity contribution in [2.45, 2.75) is 6.54 Å². The summed E-state index contributed by atoms with van der Waals surface area (Å²) in [6.45, 7) is 0.453. The molecule has 0 fully saturated rings. The van der Waals surface area contributed by atoms with Gasteiger partial charge in [-0.25, -0.2) is 9.97 Å². The summed E-state index contributed by atoms with van der Waals surface area (Å²) in [5.41, 5.74) is 8.69. The van der Waals surface area contributed by atoms with Gasteiger partial charge in [0, 0.05) is 24.6 Å². The van der Waals surface area contributed by atoms with Gasteiger partial charge in [0.05, 0.1) is 11.1 Å². The molecule has 4 rings (SSSR count). The van der Waals surface area contributed by atoms with Gasteiger partial charge in [-0.1, -0.05) is 12.1 Å². The fourth-order valence-electron chi connectivity index (χ4n) is 2.57. The fourth-order valence-corrected chi connectivity index (χ4v) is 2.57. The van der Waals surface area contributed by atoms with Crippen molar-refractivity contribution in [1.82, 2.24) is 25.1 Å². The highest BCUT2D eigenvalue weighted by Gasteiger charge is 2.16. The molecule has 0 saturated carbocycles. The van der Waals surface area contributed by atoms with Gasteiger partial charge in [0.25, 0.3) is 5.91 Å². The zero-order chi connectivity index (χ0) is 17.9. The Balaban J connectivity index is 1.56. The number of benzene rings is 1. The monoisotopic (exact) mass is 348 g/mol. The summed E-state index contributed by atoms with van der Waals surface area (Å²) >= 11 is 0. The summed E-state index contributed by atoms with van der Waals surface area (Å²) in [5.74, 6) is 0.243. The molecule has 0 aliphatic heterocycles. The fraction of sp³-hybridized carbons (Fsp3) is 0.0588. The number of nitrogens with one attached hydrogen (secondary N) is 4. The van der Waals surface area contributed by atoms with Crippen molar-refractivity contribution in [3.63, 3.8) is 0 Å². The third-order valence-electron chi connectivity index (χ3n) is 3.91. The van der Waals surface area contributed by atoms with Crippen LogP contribution in [-0.2, 0) is 6.54 Å². The van der Waals surface area contributed by atoms with Crippen molar-refractivity contribution in [3.05, 3.63) is 60.3 Å². The van der Waals surface area contributed by atoms with Gasteiger partial charge in [-0.15, -0.1) is 0 Å². The van der Waals surface area contributed by atoms with Crippen molar-refractivity contribution >= 4 is 34.1 Å². The van der Waals surface area contributed by atoms with Gasteiger partial charge in [-0.3, -0.25) is 9.89 Å².